The molecule has 182 valence electrons. The normalized spacial score (nSPS) is 28.4. The molecule has 5 rings (SSSR count). The molecule has 8 nitrogen and oxygen atoms in total. The molecule has 1 aliphatic heterocycles. The number of hydrogen-bond donors (Lipinski definition) is 2. The molecule has 0 radical (unpaired) electrons. The molecule has 11 heteroatoms. The number of hydrogen-bond acceptors (Lipinski definition) is 7. The summed E-state index contributed by atoms with van der Waals surface area (Å²) in [5, 5.41) is 20.6. The average Bonchev–Trinajstić information content (AvgIpc) is 3.00. The second kappa shape index (κ2) is 7.64. The summed E-state index contributed by atoms with van der Waals surface area (Å²) in [6, 6.07) is 2.84. The maximum Gasteiger partial charge on any atom is 0.573 e. The van der Waals surface area contributed by atoms with Gasteiger partial charge in [-0.15, -0.1) is 13.2 Å². The third-order valence-electron chi connectivity index (χ3n) is 7.08. The van der Waals surface area contributed by atoms with E-state index in [0.29, 0.717) is 5.57 Å². The van der Waals surface area contributed by atoms with Gasteiger partial charge in [-0.2, -0.15) is 5.06 Å². The number of phenolic OH excluding ortho intramolecular Hbond substituents is 1. The van der Waals surface area contributed by atoms with E-state index < -0.39 is 64.9 Å². The molecule has 4 aliphatic rings. The number of rotatable bonds is 2. The number of carbonyl (C=O) groups excluding carboxylic acids is 4. The fourth-order valence-electron chi connectivity index (χ4n) is 5.68. The molecule has 4 unspecified atom stereocenters. The van der Waals surface area contributed by atoms with Crippen molar-refractivity contribution in [1.29, 1.82) is 0 Å². The largest absolute Gasteiger partial charge is 0.573 e. The molecular weight excluding hydrogens is 471 g/mol. The van der Waals surface area contributed by atoms with E-state index in [2.05, 4.69) is 4.74 Å². The summed E-state index contributed by atoms with van der Waals surface area (Å²) in [5.74, 6) is -7.55. The van der Waals surface area contributed by atoms with Crippen molar-refractivity contribution < 1.29 is 47.4 Å². The van der Waals surface area contributed by atoms with Gasteiger partial charge in [0.05, 0.1) is 11.8 Å². The number of hydroxylamine groups is 2. The predicted octanol–water partition coefficient (Wildman–Crippen LogP) is 3.11. The van der Waals surface area contributed by atoms with Gasteiger partial charge < -0.3 is 9.84 Å². The maximum atomic E-state index is 13.1. The molecule has 0 saturated carbocycles. The number of ketones is 2. The summed E-state index contributed by atoms with van der Waals surface area (Å²) in [5.41, 5.74) is 0.526. The molecule has 0 aromatic heterocycles. The standard InChI is InChI=1S/C24H18F3NO7/c1-9-6-17(30)20-15(21(9)31)8-13-11(3-4-12-19(13)23(33)28(34)22(12)32)18(20)14-7-10(2-5-16(14)29)35-24(25,26)27/h2-3,5-7,12-13,18-19,29,34H,4,8H2,1H3. The van der Waals surface area contributed by atoms with E-state index in [1.54, 1.807) is 6.08 Å². The number of benzene rings is 1. The molecule has 3 aliphatic carbocycles. The van der Waals surface area contributed by atoms with Crippen LogP contribution in [0.25, 0.3) is 0 Å². The molecule has 0 spiro atoms. The van der Waals surface area contributed by atoms with Gasteiger partial charge in [-0.25, -0.2) is 0 Å². The van der Waals surface area contributed by atoms with Gasteiger partial charge in [0.1, 0.15) is 11.5 Å². The van der Waals surface area contributed by atoms with Crippen molar-refractivity contribution in [3.05, 3.63) is 58.2 Å². The van der Waals surface area contributed by atoms with E-state index in [4.69, 9.17) is 0 Å². The van der Waals surface area contributed by atoms with Gasteiger partial charge in [-0.1, -0.05) is 11.6 Å². The highest BCUT2D eigenvalue weighted by Crippen LogP contribution is 2.56. The van der Waals surface area contributed by atoms with Crippen molar-refractivity contribution in [2.45, 2.75) is 32.0 Å². The fraction of sp³-hybridized carbons (Fsp3) is 0.333. The number of allylic oxidation sites excluding steroid dienone is 6. The zero-order valence-electron chi connectivity index (χ0n) is 18.1. The number of phenols is 1. The second-order valence-electron chi connectivity index (χ2n) is 8.99. The summed E-state index contributed by atoms with van der Waals surface area (Å²) in [7, 11) is 0. The van der Waals surface area contributed by atoms with Crippen LogP contribution in [0.3, 0.4) is 0 Å². The number of imide groups is 1. The Bertz CT molecular complexity index is 1310. The predicted molar refractivity (Wildman–Crippen MR) is 110 cm³/mol. The van der Waals surface area contributed by atoms with E-state index >= 15 is 0 Å². The number of amides is 2. The summed E-state index contributed by atoms with van der Waals surface area (Å²) >= 11 is 0. The molecule has 1 aromatic carbocycles. The highest BCUT2D eigenvalue weighted by Gasteiger charge is 2.56. The number of fused-ring (bicyclic) bond motifs is 3. The van der Waals surface area contributed by atoms with Crippen molar-refractivity contribution >= 4 is 23.4 Å². The van der Waals surface area contributed by atoms with Crippen LogP contribution in [-0.4, -0.2) is 45.1 Å². The Morgan fingerprint density at radius 3 is 2.49 bits per heavy atom. The van der Waals surface area contributed by atoms with E-state index in [1.807, 2.05) is 0 Å². The smallest absolute Gasteiger partial charge is 0.508 e. The van der Waals surface area contributed by atoms with Crippen LogP contribution in [0.2, 0.25) is 0 Å². The average molecular weight is 489 g/mol. The van der Waals surface area contributed by atoms with Crippen LogP contribution < -0.4 is 4.74 Å². The number of alkyl halides is 3. The van der Waals surface area contributed by atoms with E-state index in [9.17, 15) is 42.7 Å². The molecule has 4 atom stereocenters. The molecule has 1 heterocycles. The maximum absolute atomic E-state index is 13.1. The first-order valence-electron chi connectivity index (χ1n) is 10.7. The van der Waals surface area contributed by atoms with Crippen LogP contribution in [0.5, 0.6) is 11.5 Å². The van der Waals surface area contributed by atoms with E-state index in [1.165, 1.54) is 6.92 Å². The van der Waals surface area contributed by atoms with Crippen molar-refractivity contribution in [1.82, 2.24) is 5.06 Å². The molecule has 2 N–H and O–H groups in total. The number of carbonyl (C=O) groups is 4. The summed E-state index contributed by atoms with van der Waals surface area (Å²) < 4.78 is 42.6. The van der Waals surface area contributed by atoms with Crippen molar-refractivity contribution in [3.63, 3.8) is 0 Å². The lowest BCUT2D eigenvalue weighted by Gasteiger charge is -2.42. The van der Waals surface area contributed by atoms with Gasteiger partial charge in [0.2, 0.25) is 0 Å². The Balaban J connectivity index is 1.71. The first-order chi connectivity index (χ1) is 16.4. The highest BCUT2D eigenvalue weighted by molar-refractivity contribution is 6.23. The Morgan fingerprint density at radius 1 is 1.09 bits per heavy atom. The monoisotopic (exact) mass is 489 g/mol. The van der Waals surface area contributed by atoms with Crippen molar-refractivity contribution in [2.75, 3.05) is 0 Å². The second-order valence-corrected chi connectivity index (χ2v) is 8.99. The van der Waals surface area contributed by atoms with Crippen LogP contribution >= 0.6 is 0 Å². The minimum Gasteiger partial charge on any atom is -0.508 e. The summed E-state index contributed by atoms with van der Waals surface area (Å²) in [4.78, 5) is 51.3. The van der Waals surface area contributed by atoms with Gasteiger partial charge in [0.25, 0.3) is 11.8 Å². The van der Waals surface area contributed by atoms with Crippen LogP contribution in [0.15, 0.2) is 52.6 Å². The number of ether oxygens (including phenoxy) is 1. The minimum absolute atomic E-state index is 0.00126. The van der Waals surface area contributed by atoms with Crippen LogP contribution in [0, 0.1) is 17.8 Å². The molecule has 0 bridgehead atoms. The van der Waals surface area contributed by atoms with Crippen LogP contribution in [0.4, 0.5) is 13.2 Å². The first-order valence-corrected chi connectivity index (χ1v) is 10.7. The lowest BCUT2D eigenvalue weighted by atomic mass is 9.59. The van der Waals surface area contributed by atoms with Gasteiger partial charge in [-0.3, -0.25) is 24.4 Å². The fourth-order valence-corrected chi connectivity index (χ4v) is 5.68. The summed E-state index contributed by atoms with van der Waals surface area (Å²) in [6.45, 7) is 1.45. The molecule has 1 saturated heterocycles. The van der Waals surface area contributed by atoms with Crippen LogP contribution in [0.1, 0.15) is 31.2 Å². The minimum atomic E-state index is -5.01. The number of halogens is 3. The number of Topliss-reactive ketones (excluding diaryl/α,β-unsaturated/α-hetero) is 1. The molecular formula is C24H18F3NO7. The molecule has 1 aromatic rings. The van der Waals surface area contributed by atoms with Gasteiger partial charge >= 0.3 is 6.36 Å². The molecule has 1 fully saturated rings. The SMILES string of the molecule is CC1=CC(=O)C2=C(CC3C(=CCC4C(=O)N(O)C(=O)C43)C2c2cc(OC(F)(F)F)ccc2O)C1=O. The van der Waals surface area contributed by atoms with Crippen molar-refractivity contribution in [3.8, 4) is 11.5 Å². The zero-order chi connectivity index (χ0) is 25.4. The van der Waals surface area contributed by atoms with E-state index in [0.717, 1.165) is 24.3 Å². The highest BCUT2D eigenvalue weighted by atomic mass is 19.4. The topological polar surface area (TPSA) is 121 Å². The number of nitrogens with zero attached hydrogens (tertiary/aromatic N) is 1. The first kappa shape index (κ1) is 23.0. The zero-order valence-corrected chi connectivity index (χ0v) is 18.1. The Hall–Kier alpha value is -3.73. The third kappa shape index (κ3) is 3.49. The summed E-state index contributed by atoms with van der Waals surface area (Å²) in [6.07, 6.45) is -2.31. The lowest BCUT2D eigenvalue weighted by molar-refractivity contribution is -0.274. The molecule has 35 heavy (non-hydrogen) atoms. The Morgan fingerprint density at radius 2 is 1.80 bits per heavy atom. The lowest BCUT2D eigenvalue weighted by Crippen LogP contribution is -2.39. The van der Waals surface area contributed by atoms with Gasteiger partial charge in [0, 0.05) is 28.2 Å². The third-order valence-corrected chi connectivity index (χ3v) is 7.08. The van der Waals surface area contributed by atoms with E-state index in [-0.39, 0.29) is 40.2 Å². The molecule has 2 amide bonds. The van der Waals surface area contributed by atoms with Gasteiger partial charge in [0.15, 0.2) is 11.6 Å². The Labute approximate surface area is 195 Å². The van der Waals surface area contributed by atoms with Crippen molar-refractivity contribution in [2.24, 2.45) is 17.8 Å². The Kier molecular flexibility index (Phi) is 5.03. The van der Waals surface area contributed by atoms with Gasteiger partial charge in [-0.05, 0) is 50.0 Å². The quantitative estimate of drug-likeness (QED) is 0.283. The number of aromatic hydroxyl groups is 1. The van der Waals surface area contributed by atoms with Crippen LogP contribution in [-0.2, 0) is 19.2 Å².